The normalized spacial score (nSPS) is 17.7. The number of amides is 1. The monoisotopic (exact) mass is 549 g/mol. The summed E-state index contributed by atoms with van der Waals surface area (Å²) in [5, 5.41) is 11.3. The van der Waals surface area contributed by atoms with Crippen molar-refractivity contribution in [2.45, 2.75) is 25.4 Å². The number of allylic oxidation sites excluding steroid dienone is 1. The molecule has 1 amide bonds. The highest BCUT2D eigenvalue weighted by Gasteiger charge is 2.21. The summed E-state index contributed by atoms with van der Waals surface area (Å²) in [6.45, 7) is 4.33. The van der Waals surface area contributed by atoms with Crippen LogP contribution in [0, 0.1) is 17.0 Å². The molecule has 5 rings (SSSR count). The Hall–Kier alpha value is -3.80. The number of carbonyl (C=O) groups excluding carboxylic acids is 1. The molecule has 2 aliphatic rings. The second-order valence-electron chi connectivity index (χ2n) is 10.2. The SMILES string of the molecule is N=C/C(=C\NC1CCN(CC(N)=O)CC1)c1cnc2cccc(-c3cc(F)c(CN4CCOCC4)c(F)c3)c2n1. The Morgan fingerprint density at radius 3 is 2.52 bits per heavy atom. The van der Waals surface area contributed by atoms with Crippen LogP contribution in [0.3, 0.4) is 0 Å². The number of ether oxygens (including phenoxy) is 1. The molecule has 0 aliphatic carbocycles. The molecule has 0 saturated carbocycles. The first-order valence-corrected chi connectivity index (χ1v) is 13.4. The Bertz CT molecular complexity index is 1390. The maximum absolute atomic E-state index is 15.2. The molecule has 210 valence electrons. The van der Waals surface area contributed by atoms with Gasteiger partial charge >= 0.3 is 0 Å². The Morgan fingerprint density at radius 1 is 1.12 bits per heavy atom. The van der Waals surface area contributed by atoms with Gasteiger partial charge in [-0.2, -0.15) is 0 Å². The number of hydrogen-bond acceptors (Lipinski definition) is 8. The van der Waals surface area contributed by atoms with Gasteiger partial charge in [-0.3, -0.25) is 19.6 Å². The van der Waals surface area contributed by atoms with Crippen LogP contribution in [0.15, 0.2) is 42.7 Å². The lowest BCUT2D eigenvalue weighted by Crippen LogP contribution is -2.44. The number of para-hydroxylation sites is 1. The number of morpholine rings is 1. The van der Waals surface area contributed by atoms with Gasteiger partial charge in [0.2, 0.25) is 5.91 Å². The number of nitrogens with one attached hydrogen (secondary N) is 2. The van der Waals surface area contributed by atoms with Gasteiger partial charge in [0.25, 0.3) is 0 Å². The zero-order chi connectivity index (χ0) is 28.1. The third-order valence-corrected chi connectivity index (χ3v) is 7.40. The van der Waals surface area contributed by atoms with Crippen molar-refractivity contribution in [3.63, 3.8) is 0 Å². The summed E-state index contributed by atoms with van der Waals surface area (Å²) < 4.78 is 35.7. The number of fused-ring (bicyclic) bond motifs is 1. The Balaban J connectivity index is 1.37. The van der Waals surface area contributed by atoms with Crippen molar-refractivity contribution in [3.05, 3.63) is 65.6 Å². The topological polar surface area (TPSA) is 120 Å². The summed E-state index contributed by atoms with van der Waals surface area (Å²) >= 11 is 0. The Kier molecular flexibility index (Phi) is 8.73. The van der Waals surface area contributed by atoms with E-state index in [2.05, 4.69) is 10.3 Å². The predicted octanol–water partition coefficient (Wildman–Crippen LogP) is 2.94. The number of likely N-dealkylation sites (tertiary alicyclic amines) is 1. The number of halogens is 2. The van der Waals surface area contributed by atoms with Crippen LogP contribution < -0.4 is 11.1 Å². The molecule has 2 fully saturated rings. The van der Waals surface area contributed by atoms with Gasteiger partial charge in [-0.25, -0.2) is 13.8 Å². The van der Waals surface area contributed by atoms with Crippen LogP contribution in [0.1, 0.15) is 24.1 Å². The zero-order valence-electron chi connectivity index (χ0n) is 22.2. The number of carbonyl (C=O) groups is 1. The van der Waals surface area contributed by atoms with Crippen molar-refractivity contribution >= 4 is 28.7 Å². The number of hydrogen-bond donors (Lipinski definition) is 3. The fourth-order valence-electron chi connectivity index (χ4n) is 5.17. The van der Waals surface area contributed by atoms with Crippen molar-refractivity contribution in [3.8, 4) is 11.1 Å². The quantitative estimate of drug-likeness (QED) is 0.351. The third kappa shape index (κ3) is 6.49. The van der Waals surface area contributed by atoms with Crippen molar-refractivity contribution in [1.29, 1.82) is 5.41 Å². The van der Waals surface area contributed by atoms with E-state index in [4.69, 9.17) is 20.9 Å². The minimum absolute atomic E-state index is 0.0400. The molecular formula is C29H33F2N7O2. The predicted molar refractivity (Wildman–Crippen MR) is 150 cm³/mol. The van der Waals surface area contributed by atoms with Gasteiger partial charge in [0.05, 0.1) is 42.7 Å². The van der Waals surface area contributed by atoms with E-state index < -0.39 is 11.6 Å². The fourth-order valence-corrected chi connectivity index (χ4v) is 5.17. The fraction of sp³-hybridized carbons (Fsp3) is 0.379. The van der Waals surface area contributed by atoms with Crippen LogP contribution in [-0.4, -0.2) is 83.9 Å². The smallest absolute Gasteiger partial charge is 0.231 e. The van der Waals surface area contributed by atoms with E-state index in [0.717, 1.165) is 25.9 Å². The second kappa shape index (κ2) is 12.6. The van der Waals surface area contributed by atoms with Crippen molar-refractivity contribution in [1.82, 2.24) is 25.1 Å². The first-order chi connectivity index (χ1) is 19.4. The summed E-state index contributed by atoms with van der Waals surface area (Å²) in [7, 11) is 0. The molecule has 0 atom stereocenters. The summed E-state index contributed by atoms with van der Waals surface area (Å²) in [6.07, 6.45) is 6.21. The minimum atomic E-state index is -0.603. The van der Waals surface area contributed by atoms with Gasteiger partial charge in [-0.15, -0.1) is 0 Å². The van der Waals surface area contributed by atoms with Crippen LogP contribution in [0.5, 0.6) is 0 Å². The number of piperidine rings is 1. The first kappa shape index (κ1) is 27.8. The molecule has 40 heavy (non-hydrogen) atoms. The molecule has 0 unspecified atom stereocenters. The van der Waals surface area contributed by atoms with Crippen molar-refractivity contribution < 1.29 is 18.3 Å². The molecule has 9 nitrogen and oxygen atoms in total. The molecule has 4 N–H and O–H groups in total. The number of primary amides is 1. The summed E-state index contributed by atoms with van der Waals surface area (Å²) in [4.78, 5) is 24.4. The molecule has 2 aromatic carbocycles. The number of rotatable bonds is 9. The maximum atomic E-state index is 15.2. The van der Waals surface area contributed by atoms with Crippen LogP contribution in [-0.2, 0) is 16.1 Å². The van der Waals surface area contributed by atoms with Gasteiger partial charge < -0.3 is 21.2 Å². The Labute approximate surface area is 231 Å². The molecule has 11 heteroatoms. The van der Waals surface area contributed by atoms with E-state index in [-0.39, 0.29) is 30.6 Å². The minimum Gasteiger partial charge on any atom is -0.387 e. The number of benzene rings is 2. The lowest BCUT2D eigenvalue weighted by atomic mass is 10.0. The van der Waals surface area contributed by atoms with E-state index in [9.17, 15) is 4.79 Å². The van der Waals surface area contributed by atoms with E-state index >= 15 is 8.78 Å². The lowest BCUT2D eigenvalue weighted by Gasteiger charge is -2.31. The van der Waals surface area contributed by atoms with E-state index in [0.29, 0.717) is 59.7 Å². The standard InChI is InChI=1S/C29H33F2N7O2/c30-24-12-19(13-25(31)23(24)17-38-8-10-40-11-9-38)22-2-1-3-26-29(22)36-27(16-35-26)20(14-32)15-34-21-4-6-37(7-5-21)18-28(33)39/h1-3,12-16,21,32,34H,4-11,17-18H2,(H2,33,39)/b20-15+,32-14?. The molecular weight excluding hydrogens is 516 g/mol. The molecule has 3 heterocycles. The second-order valence-corrected chi connectivity index (χ2v) is 10.2. The number of nitrogens with two attached hydrogens (primary N) is 1. The average molecular weight is 550 g/mol. The van der Waals surface area contributed by atoms with Gasteiger partial charge in [0, 0.05) is 67.9 Å². The Morgan fingerprint density at radius 2 is 1.85 bits per heavy atom. The van der Waals surface area contributed by atoms with E-state index in [1.807, 2.05) is 9.80 Å². The molecule has 0 spiro atoms. The molecule has 2 aliphatic heterocycles. The molecule has 0 bridgehead atoms. The van der Waals surface area contributed by atoms with Crippen LogP contribution in [0.4, 0.5) is 8.78 Å². The van der Waals surface area contributed by atoms with E-state index in [1.165, 1.54) is 18.3 Å². The number of nitrogens with zero attached hydrogens (tertiary/aromatic N) is 4. The molecule has 3 aromatic rings. The highest BCUT2D eigenvalue weighted by Crippen LogP contribution is 2.30. The maximum Gasteiger partial charge on any atom is 0.231 e. The highest BCUT2D eigenvalue weighted by atomic mass is 19.1. The van der Waals surface area contributed by atoms with Gasteiger partial charge in [0.15, 0.2) is 0 Å². The lowest BCUT2D eigenvalue weighted by molar-refractivity contribution is -0.119. The van der Waals surface area contributed by atoms with Crippen molar-refractivity contribution in [2.24, 2.45) is 5.73 Å². The summed E-state index contributed by atoms with van der Waals surface area (Å²) in [5.41, 5.74) is 8.34. The van der Waals surface area contributed by atoms with Gasteiger partial charge in [-0.05, 0) is 36.6 Å². The average Bonchev–Trinajstić information content (AvgIpc) is 2.96. The van der Waals surface area contributed by atoms with Crippen LogP contribution >= 0.6 is 0 Å². The van der Waals surface area contributed by atoms with E-state index in [1.54, 1.807) is 30.6 Å². The molecule has 0 radical (unpaired) electrons. The van der Waals surface area contributed by atoms with Gasteiger partial charge in [0.1, 0.15) is 11.6 Å². The molecule has 2 saturated heterocycles. The summed E-state index contributed by atoms with van der Waals surface area (Å²) in [5.74, 6) is -1.54. The largest absolute Gasteiger partial charge is 0.387 e. The third-order valence-electron chi connectivity index (χ3n) is 7.40. The van der Waals surface area contributed by atoms with Crippen molar-refractivity contribution in [2.75, 3.05) is 45.9 Å². The van der Waals surface area contributed by atoms with Crippen LogP contribution in [0.2, 0.25) is 0 Å². The summed E-state index contributed by atoms with van der Waals surface area (Å²) in [6, 6.07) is 8.22. The number of aromatic nitrogens is 2. The zero-order valence-corrected chi connectivity index (χ0v) is 22.2. The molecule has 1 aromatic heterocycles. The van der Waals surface area contributed by atoms with Gasteiger partial charge in [-0.1, -0.05) is 12.1 Å². The van der Waals surface area contributed by atoms with Crippen LogP contribution in [0.25, 0.3) is 27.7 Å². The first-order valence-electron chi connectivity index (χ1n) is 13.4. The highest BCUT2D eigenvalue weighted by molar-refractivity contribution is 6.08.